The van der Waals surface area contributed by atoms with Crippen LogP contribution in [0.25, 0.3) is 0 Å². The third kappa shape index (κ3) is 4.09. The third-order valence-corrected chi connectivity index (χ3v) is 5.20. The van der Waals surface area contributed by atoms with Crippen molar-refractivity contribution in [3.05, 3.63) is 26.2 Å². The molecule has 0 atom stereocenters. The molecule has 2 aromatic rings. The second kappa shape index (κ2) is 7.11. The third-order valence-electron chi connectivity index (χ3n) is 2.79. The van der Waals surface area contributed by atoms with E-state index in [1.54, 1.807) is 0 Å². The maximum absolute atomic E-state index is 12.2. The quantitative estimate of drug-likeness (QED) is 0.844. The van der Waals surface area contributed by atoms with E-state index in [-0.39, 0.29) is 11.7 Å². The van der Waals surface area contributed by atoms with Crippen LogP contribution >= 0.6 is 34.3 Å². The van der Waals surface area contributed by atoms with Gasteiger partial charge in [0.1, 0.15) is 10.7 Å². The van der Waals surface area contributed by atoms with Gasteiger partial charge in [-0.2, -0.15) is 0 Å². The number of thiazole rings is 1. The minimum absolute atomic E-state index is 0.203. The number of carbonyl (C=O) groups is 1. The molecule has 3 N–H and O–H groups in total. The number of nitrogens with two attached hydrogens (primary N) is 1. The molecule has 0 bridgehead atoms. The van der Waals surface area contributed by atoms with Gasteiger partial charge in [0.25, 0.3) is 5.91 Å². The lowest BCUT2D eigenvalue weighted by molar-refractivity contribution is 0.0956. The molecule has 0 fully saturated rings. The zero-order valence-electron chi connectivity index (χ0n) is 11.9. The Bertz CT molecular complexity index is 625. The van der Waals surface area contributed by atoms with E-state index in [0.717, 1.165) is 23.0 Å². The monoisotopic (exact) mass is 344 g/mol. The molecule has 21 heavy (non-hydrogen) atoms. The van der Waals surface area contributed by atoms with Crippen LogP contribution in [0.1, 0.15) is 27.9 Å². The zero-order chi connectivity index (χ0) is 15.4. The van der Waals surface area contributed by atoms with Crippen molar-refractivity contribution >= 4 is 51.1 Å². The van der Waals surface area contributed by atoms with Crippen molar-refractivity contribution in [2.24, 2.45) is 0 Å². The highest BCUT2D eigenvalue weighted by atomic mass is 35.5. The summed E-state index contributed by atoms with van der Waals surface area (Å²) >= 11 is 8.61. The normalized spacial score (nSPS) is 10.6. The predicted molar refractivity (Wildman–Crippen MR) is 90.6 cm³/mol. The van der Waals surface area contributed by atoms with Crippen LogP contribution in [-0.4, -0.2) is 24.5 Å². The number of nitrogens with zero attached hydrogens (tertiary/aromatic N) is 2. The van der Waals surface area contributed by atoms with Crippen molar-refractivity contribution in [2.75, 3.05) is 24.2 Å². The Kier molecular flexibility index (Phi) is 5.44. The molecule has 0 saturated heterocycles. The predicted octanol–water partition coefficient (Wildman–Crippen LogP) is 3.22. The van der Waals surface area contributed by atoms with Crippen LogP contribution in [0.5, 0.6) is 0 Å². The summed E-state index contributed by atoms with van der Waals surface area (Å²) < 4.78 is 0.708. The number of hydrogen-bond donors (Lipinski definition) is 2. The summed E-state index contributed by atoms with van der Waals surface area (Å²) in [6.07, 6.45) is 1.01. The molecular weight excluding hydrogens is 328 g/mol. The highest BCUT2D eigenvalue weighted by Crippen LogP contribution is 2.27. The fraction of sp³-hybridized carbons (Fsp3) is 0.385. The minimum atomic E-state index is -0.203. The van der Waals surface area contributed by atoms with E-state index in [2.05, 4.69) is 17.2 Å². The fourth-order valence-electron chi connectivity index (χ4n) is 1.77. The first-order valence-electron chi connectivity index (χ1n) is 6.51. The van der Waals surface area contributed by atoms with Gasteiger partial charge < -0.3 is 16.0 Å². The molecule has 0 saturated carbocycles. The van der Waals surface area contributed by atoms with Crippen molar-refractivity contribution in [1.29, 1.82) is 0 Å². The lowest BCUT2D eigenvalue weighted by atomic mass is 10.4. The van der Waals surface area contributed by atoms with E-state index in [0.29, 0.717) is 15.8 Å². The second-order valence-corrected chi connectivity index (χ2v) is 7.30. The van der Waals surface area contributed by atoms with Crippen LogP contribution < -0.4 is 16.0 Å². The van der Waals surface area contributed by atoms with Crippen LogP contribution in [0.15, 0.2) is 12.1 Å². The van der Waals surface area contributed by atoms with Crippen molar-refractivity contribution < 1.29 is 4.79 Å². The van der Waals surface area contributed by atoms with Crippen molar-refractivity contribution in [3.8, 4) is 0 Å². The zero-order valence-corrected chi connectivity index (χ0v) is 14.2. The molecule has 0 unspecified atom stereocenters. The highest BCUT2D eigenvalue weighted by molar-refractivity contribution is 7.18. The average Bonchev–Trinajstić information content (AvgIpc) is 3.02. The van der Waals surface area contributed by atoms with Crippen LogP contribution in [0.4, 0.5) is 10.9 Å². The molecule has 0 spiro atoms. The fourth-order valence-corrected chi connectivity index (χ4v) is 3.69. The lowest BCUT2D eigenvalue weighted by Crippen LogP contribution is -2.22. The van der Waals surface area contributed by atoms with E-state index in [1.165, 1.54) is 22.7 Å². The van der Waals surface area contributed by atoms with Gasteiger partial charge in [-0.15, -0.1) is 11.3 Å². The van der Waals surface area contributed by atoms with Crippen LogP contribution in [0, 0.1) is 0 Å². The van der Waals surface area contributed by atoms with Gasteiger partial charge in [-0.3, -0.25) is 4.79 Å². The Balaban J connectivity index is 2.02. The number of carbonyl (C=O) groups excluding carboxylic acids is 1. The van der Waals surface area contributed by atoms with E-state index in [4.69, 9.17) is 17.3 Å². The highest BCUT2D eigenvalue weighted by Gasteiger charge is 2.17. The minimum Gasteiger partial charge on any atom is -0.382 e. The van der Waals surface area contributed by atoms with E-state index >= 15 is 0 Å². The van der Waals surface area contributed by atoms with Gasteiger partial charge in [-0.05, 0) is 18.6 Å². The Morgan fingerprint density at radius 3 is 2.86 bits per heavy atom. The topological polar surface area (TPSA) is 71.2 Å². The molecule has 114 valence electrons. The van der Waals surface area contributed by atoms with Gasteiger partial charge in [0, 0.05) is 18.5 Å². The molecule has 2 heterocycles. The number of amides is 1. The van der Waals surface area contributed by atoms with Gasteiger partial charge in [-0.1, -0.05) is 29.9 Å². The number of rotatable bonds is 6. The standard InChI is InChI=1S/C13H17ClN4OS2/c1-3-6-18(2)13-17-11(15)10(21-13)12(19)16-7-8-4-5-9(14)20-8/h4-5H,3,6-7,15H2,1-2H3,(H,16,19). The average molecular weight is 345 g/mol. The summed E-state index contributed by atoms with van der Waals surface area (Å²) in [5.74, 6) is 0.0744. The van der Waals surface area contributed by atoms with Gasteiger partial charge in [0.2, 0.25) is 0 Å². The Hall–Kier alpha value is -1.31. The van der Waals surface area contributed by atoms with E-state index in [1.807, 2.05) is 24.1 Å². The molecule has 0 aliphatic rings. The largest absolute Gasteiger partial charge is 0.382 e. The Morgan fingerprint density at radius 1 is 1.48 bits per heavy atom. The van der Waals surface area contributed by atoms with E-state index in [9.17, 15) is 4.79 Å². The first kappa shape index (κ1) is 16.1. The second-order valence-electron chi connectivity index (χ2n) is 4.52. The number of nitrogens with one attached hydrogen (secondary N) is 1. The smallest absolute Gasteiger partial charge is 0.265 e. The summed E-state index contributed by atoms with van der Waals surface area (Å²) in [6, 6.07) is 3.70. The molecule has 0 radical (unpaired) electrons. The number of aromatic nitrogens is 1. The van der Waals surface area contributed by atoms with Crippen LogP contribution in [0.2, 0.25) is 4.34 Å². The maximum Gasteiger partial charge on any atom is 0.265 e. The molecule has 0 aliphatic heterocycles. The van der Waals surface area contributed by atoms with Crippen molar-refractivity contribution in [3.63, 3.8) is 0 Å². The van der Waals surface area contributed by atoms with Crippen molar-refractivity contribution in [2.45, 2.75) is 19.9 Å². The SMILES string of the molecule is CCCN(C)c1nc(N)c(C(=O)NCc2ccc(Cl)s2)s1. The van der Waals surface area contributed by atoms with Gasteiger partial charge in [0.05, 0.1) is 10.9 Å². The molecule has 0 aromatic carbocycles. The lowest BCUT2D eigenvalue weighted by Gasteiger charge is -2.13. The van der Waals surface area contributed by atoms with Gasteiger partial charge in [0.15, 0.2) is 5.13 Å². The van der Waals surface area contributed by atoms with Crippen LogP contribution in [0.3, 0.4) is 0 Å². The number of hydrogen-bond acceptors (Lipinski definition) is 6. The summed E-state index contributed by atoms with van der Waals surface area (Å²) in [5, 5.41) is 3.60. The number of anilines is 2. The van der Waals surface area contributed by atoms with Crippen molar-refractivity contribution in [1.82, 2.24) is 10.3 Å². The van der Waals surface area contributed by atoms with Gasteiger partial charge >= 0.3 is 0 Å². The molecule has 5 nitrogen and oxygen atoms in total. The summed E-state index contributed by atoms with van der Waals surface area (Å²) in [5.41, 5.74) is 5.84. The molecule has 1 amide bonds. The first-order chi connectivity index (χ1) is 10.0. The molecule has 8 heteroatoms. The Morgan fingerprint density at radius 2 is 2.24 bits per heavy atom. The van der Waals surface area contributed by atoms with Gasteiger partial charge in [-0.25, -0.2) is 4.98 Å². The molecular formula is C13H17ClN4OS2. The molecule has 0 aliphatic carbocycles. The Labute approximate surface area is 136 Å². The summed E-state index contributed by atoms with van der Waals surface area (Å²) in [6.45, 7) is 3.41. The first-order valence-corrected chi connectivity index (χ1v) is 8.52. The number of halogens is 1. The molecule has 2 aromatic heterocycles. The summed E-state index contributed by atoms with van der Waals surface area (Å²) in [4.78, 5) is 19.9. The maximum atomic E-state index is 12.2. The summed E-state index contributed by atoms with van der Waals surface area (Å²) in [7, 11) is 1.94. The van der Waals surface area contributed by atoms with Crippen LogP contribution in [-0.2, 0) is 6.54 Å². The van der Waals surface area contributed by atoms with E-state index < -0.39 is 0 Å². The number of thiophene rings is 1. The number of nitrogen functional groups attached to an aromatic ring is 1. The molecule has 2 rings (SSSR count).